The van der Waals surface area contributed by atoms with Crippen molar-refractivity contribution >= 4 is 5.91 Å². The van der Waals surface area contributed by atoms with Gasteiger partial charge in [-0.2, -0.15) is 0 Å². The Morgan fingerprint density at radius 2 is 1.78 bits per heavy atom. The summed E-state index contributed by atoms with van der Waals surface area (Å²) in [5.41, 5.74) is 2.97. The molecule has 5 nitrogen and oxygen atoms in total. The van der Waals surface area contributed by atoms with Gasteiger partial charge in [0.25, 0.3) is 5.91 Å². The number of carbonyl (C=O) groups excluding carboxylic acids is 1. The lowest BCUT2D eigenvalue weighted by molar-refractivity contribution is 0.0761. The van der Waals surface area contributed by atoms with E-state index < -0.39 is 0 Å². The largest absolute Gasteiger partial charge is 0.464 e. The fourth-order valence-electron chi connectivity index (χ4n) is 3.48. The van der Waals surface area contributed by atoms with Crippen molar-refractivity contribution in [2.45, 2.75) is 13.0 Å². The topological polar surface area (TPSA) is 49.6 Å². The first-order valence-corrected chi connectivity index (χ1v) is 9.34. The molecule has 0 saturated carbocycles. The van der Waals surface area contributed by atoms with Crippen LogP contribution in [0.15, 0.2) is 71.6 Å². The van der Waals surface area contributed by atoms with Crippen molar-refractivity contribution in [3.8, 4) is 11.3 Å². The van der Waals surface area contributed by atoms with Crippen LogP contribution in [-0.2, 0) is 6.54 Å². The van der Waals surface area contributed by atoms with E-state index in [4.69, 9.17) is 4.42 Å². The Kier molecular flexibility index (Phi) is 5.30. The molecule has 138 valence electrons. The molecule has 4 rings (SSSR count). The van der Waals surface area contributed by atoms with Crippen LogP contribution in [0.1, 0.15) is 22.3 Å². The van der Waals surface area contributed by atoms with E-state index in [1.165, 1.54) is 5.56 Å². The first kappa shape index (κ1) is 17.5. The number of furan rings is 1. The molecule has 0 N–H and O–H groups in total. The van der Waals surface area contributed by atoms with Crippen molar-refractivity contribution in [1.29, 1.82) is 0 Å². The molecule has 5 heteroatoms. The highest BCUT2D eigenvalue weighted by molar-refractivity contribution is 5.94. The van der Waals surface area contributed by atoms with Crippen LogP contribution in [0.25, 0.3) is 11.3 Å². The summed E-state index contributed by atoms with van der Waals surface area (Å²) < 4.78 is 5.41. The summed E-state index contributed by atoms with van der Waals surface area (Å²) in [6.07, 6.45) is 6.30. The Morgan fingerprint density at radius 1 is 0.963 bits per heavy atom. The molecule has 3 aromatic rings. The number of nitrogens with zero attached hydrogens (tertiary/aromatic N) is 3. The highest BCUT2D eigenvalue weighted by atomic mass is 16.3. The van der Waals surface area contributed by atoms with Gasteiger partial charge in [0.1, 0.15) is 5.76 Å². The van der Waals surface area contributed by atoms with Crippen LogP contribution in [0.2, 0.25) is 0 Å². The first-order chi connectivity index (χ1) is 13.3. The standard InChI is InChI=1S/C22H23N3O2/c26-22(20-6-4-19(5-7-20)21-3-1-16-27-21)25-13-2-12-24(14-15-25)17-18-8-10-23-11-9-18/h1,3-11,16H,2,12-15,17H2. The molecule has 0 atom stereocenters. The summed E-state index contributed by atoms with van der Waals surface area (Å²) in [4.78, 5) is 21.3. The minimum Gasteiger partial charge on any atom is -0.464 e. The molecule has 0 unspecified atom stereocenters. The number of benzene rings is 1. The zero-order valence-corrected chi connectivity index (χ0v) is 15.3. The van der Waals surface area contributed by atoms with E-state index in [1.807, 2.05) is 65.8 Å². The van der Waals surface area contributed by atoms with Crippen molar-refractivity contribution in [2.75, 3.05) is 26.2 Å². The van der Waals surface area contributed by atoms with Crippen LogP contribution in [0.5, 0.6) is 0 Å². The number of carbonyl (C=O) groups is 1. The number of rotatable bonds is 4. The molecule has 0 radical (unpaired) electrons. The molecule has 2 aromatic heterocycles. The molecule has 1 fully saturated rings. The SMILES string of the molecule is O=C(c1ccc(-c2ccco2)cc1)N1CCCN(Cc2ccncc2)CC1. The van der Waals surface area contributed by atoms with Gasteiger partial charge in [-0.05, 0) is 48.4 Å². The lowest BCUT2D eigenvalue weighted by atomic mass is 10.1. The van der Waals surface area contributed by atoms with Crippen LogP contribution in [0.4, 0.5) is 0 Å². The molecule has 0 spiro atoms. The van der Waals surface area contributed by atoms with Gasteiger partial charge < -0.3 is 9.32 Å². The Morgan fingerprint density at radius 3 is 2.52 bits per heavy atom. The van der Waals surface area contributed by atoms with Crippen molar-refractivity contribution < 1.29 is 9.21 Å². The Balaban J connectivity index is 1.38. The summed E-state index contributed by atoms with van der Waals surface area (Å²) in [6, 6.07) is 15.5. The first-order valence-electron chi connectivity index (χ1n) is 9.34. The normalized spacial score (nSPS) is 15.5. The maximum atomic E-state index is 12.9. The van der Waals surface area contributed by atoms with Gasteiger partial charge in [-0.3, -0.25) is 14.7 Å². The molecular formula is C22H23N3O2. The highest BCUT2D eigenvalue weighted by Crippen LogP contribution is 2.21. The van der Waals surface area contributed by atoms with Gasteiger partial charge in [-0.25, -0.2) is 0 Å². The van der Waals surface area contributed by atoms with Gasteiger partial charge in [0.15, 0.2) is 0 Å². The molecule has 1 aliphatic rings. The lowest BCUT2D eigenvalue weighted by Crippen LogP contribution is -2.35. The number of hydrogen-bond donors (Lipinski definition) is 0. The zero-order valence-electron chi connectivity index (χ0n) is 15.3. The number of hydrogen-bond acceptors (Lipinski definition) is 4. The van der Waals surface area contributed by atoms with Gasteiger partial charge in [0.05, 0.1) is 6.26 Å². The minimum atomic E-state index is 0.103. The zero-order chi connectivity index (χ0) is 18.5. The lowest BCUT2D eigenvalue weighted by Gasteiger charge is -2.22. The van der Waals surface area contributed by atoms with Crippen LogP contribution in [0.3, 0.4) is 0 Å². The number of amides is 1. The van der Waals surface area contributed by atoms with E-state index in [0.29, 0.717) is 0 Å². The van der Waals surface area contributed by atoms with Gasteiger partial charge in [0, 0.05) is 56.2 Å². The average Bonchev–Trinajstić information content (AvgIpc) is 3.16. The fourth-order valence-corrected chi connectivity index (χ4v) is 3.48. The van der Waals surface area contributed by atoms with Gasteiger partial charge in [-0.1, -0.05) is 12.1 Å². The van der Waals surface area contributed by atoms with Crippen LogP contribution in [-0.4, -0.2) is 46.9 Å². The average molecular weight is 361 g/mol. The third-order valence-corrected chi connectivity index (χ3v) is 4.97. The second-order valence-corrected chi connectivity index (χ2v) is 6.83. The third kappa shape index (κ3) is 4.26. The smallest absolute Gasteiger partial charge is 0.253 e. The molecule has 0 aliphatic carbocycles. The van der Waals surface area contributed by atoms with Crippen LogP contribution in [0, 0.1) is 0 Å². The molecular weight excluding hydrogens is 338 g/mol. The van der Waals surface area contributed by atoms with Crippen molar-refractivity contribution in [2.24, 2.45) is 0 Å². The predicted molar refractivity (Wildman–Crippen MR) is 104 cm³/mol. The monoisotopic (exact) mass is 361 g/mol. The van der Waals surface area contributed by atoms with E-state index >= 15 is 0 Å². The van der Waals surface area contributed by atoms with Crippen molar-refractivity contribution in [1.82, 2.24) is 14.8 Å². The number of aromatic nitrogens is 1. The van der Waals surface area contributed by atoms with Gasteiger partial charge in [-0.15, -0.1) is 0 Å². The molecule has 1 amide bonds. The van der Waals surface area contributed by atoms with Crippen molar-refractivity contribution in [3.63, 3.8) is 0 Å². The third-order valence-electron chi connectivity index (χ3n) is 4.97. The summed E-state index contributed by atoms with van der Waals surface area (Å²) in [6.45, 7) is 4.35. The van der Waals surface area contributed by atoms with Gasteiger partial charge >= 0.3 is 0 Å². The minimum absolute atomic E-state index is 0.103. The second-order valence-electron chi connectivity index (χ2n) is 6.83. The molecule has 27 heavy (non-hydrogen) atoms. The number of pyridine rings is 1. The van der Waals surface area contributed by atoms with E-state index in [9.17, 15) is 4.79 Å². The van der Waals surface area contributed by atoms with E-state index in [1.54, 1.807) is 6.26 Å². The molecule has 3 heterocycles. The maximum Gasteiger partial charge on any atom is 0.253 e. The van der Waals surface area contributed by atoms with E-state index in [2.05, 4.69) is 9.88 Å². The van der Waals surface area contributed by atoms with E-state index in [0.717, 1.165) is 56.0 Å². The van der Waals surface area contributed by atoms with Crippen LogP contribution < -0.4 is 0 Å². The second kappa shape index (κ2) is 8.18. The Bertz CT molecular complexity index is 860. The maximum absolute atomic E-state index is 12.9. The summed E-state index contributed by atoms with van der Waals surface area (Å²) in [5.74, 6) is 0.919. The fraction of sp³-hybridized carbons (Fsp3) is 0.273. The molecule has 1 aromatic carbocycles. The molecule has 1 saturated heterocycles. The summed E-state index contributed by atoms with van der Waals surface area (Å²) >= 11 is 0. The van der Waals surface area contributed by atoms with Crippen molar-refractivity contribution in [3.05, 3.63) is 78.3 Å². The van der Waals surface area contributed by atoms with Crippen LogP contribution >= 0.6 is 0 Å². The van der Waals surface area contributed by atoms with E-state index in [-0.39, 0.29) is 5.91 Å². The highest BCUT2D eigenvalue weighted by Gasteiger charge is 2.20. The molecule has 0 bridgehead atoms. The predicted octanol–water partition coefficient (Wildman–Crippen LogP) is 3.69. The van der Waals surface area contributed by atoms with Gasteiger partial charge in [0.2, 0.25) is 0 Å². The quantitative estimate of drug-likeness (QED) is 0.711. The Labute approximate surface area is 159 Å². The Hall–Kier alpha value is -2.92. The molecule has 1 aliphatic heterocycles. The summed E-state index contributed by atoms with van der Waals surface area (Å²) in [5, 5.41) is 0. The summed E-state index contributed by atoms with van der Waals surface area (Å²) in [7, 11) is 0.